The summed E-state index contributed by atoms with van der Waals surface area (Å²) < 4.78 is 10.5. The van der Waals surface area contributed by atoms with Crippen molar-refractivity contribution in [3.63, 3.8) is 0 Å². The topological polar surface area (TPSA) is 85.4 Å². The number of carbonyl (C=O) groups is 1. The molecule has 8 heteroatoms. The highest BCUT2D eigenvalue weighted by Gasteiger charge is 2.13. The van der Waals surface area contributed by atoms with Gasteiger partial charge in [-0.1, -0.05) is 18.5 Å². The van der Waals surface area contributed by atoms with Crippen LogP contribution in [0.15, 0.2) is 24.5 Å². The van der Waals surface area contributed by atoms with E-state index in [1.54, 1.807) is 12.1 Å². The van der Waals surface area contributed by atoms with Crippen molar-refractivity contribution in [2.75, 3.05) is 19.5 Å². The van der Waals surface area contributed by atoms with Crippen LogP contribution in [0, 0.1) is 0 Å². The molecule has 25 heavy (non-hydrogen) atoms. The molecule has 0 fully saturated rings. The Labute approximate surface area is 151 Å². The van der Waals surface area contributed by atoms with E-state index in [2.05, 4.69) is 20.6 Å². The van der Waals surface area contributed by atoms with Crippen LogP contribution in [0.1, 0.15) is 30.8 Å². The summed E-state index contributed by atoms with van der Waals surface area (Å²) >= 11 is 6.09. The first-order valence-electron chi connectivity index (χ1n) is 7.79. The lowest BCUT2D eigenvalue weighted by molar-refractivity contribution is 0.0934. The number of aromatic nitrogens is 2. The summed E-state index contributed by atoms with van der Waals surface area (Å²) in [6, 6.07) is 3.43. The number of hydrogen-bond acceptors (Lipinski definition) is 6. The van der Waals surface area contributed by atoms with E-state index < -0.39 is 0 Å². The van der Waals surface area contributed by atoms with Crippen molar-refractivity contribution in [3.05, 3.63) is 35.2 Å². The van der Waals surface area contributed by atoms with Gasteiger partial charge >= 0.3 is 0 Å². The zero-order valence-corrected chi connectivity index (χ0v) is 15.3. The largest absolute Gasteiger partial charge is 0.495 e. The Morgan fingerprint density at radius 2 is 1.92 bits per heavy atom. The van der Waals surface area contributed by atoms with Crippen LogP contribution in [-0.2, 0) is 0 Å². The lowest BCUT2D eigenvalue weighted by Crippen LogP contribution is -2.32. The van der Waals surface area contributed by atoms with E-state index in [0.29, 0.717) is 28.0 Å². The molecule has 1 unspecified atom stereocenters. The molecule has 1 aromatic carbocycles. The molecule has 1 atom stereocenters. The molecule has 0 spiro atoms. The van der Waals surface area contributed by atoms with Crippen LogP contribution in [0.25, 0.3) is 0 Å². The maximum absolute atomic E-state index is 12.0. The van der Waals surface area contributed by atoms with Gasteiger partial charge in [-0.05, 0) is 13.3 Å². The third-order valence-corrected chi connectivity index (χ3v) is 3.91. The molecule has 0 bridgehead atoms. The van der Waals surface area contributed by atoms with Crippen molar-refractivity contribution >= 4 is 29.0 Å². The van der Waals surface area contributed by atoms with Crippen LogP contribution in [0.4, 0.5) is 11.5 Å². The van der Waals surface area contributed by atoms with Gasteiger partial charge in [0, 0.05) is 18.2 Å². The highest BCUT2D eigenvalue weighted by Crippen LogP contribution is 2.36. The number of anilines is 2. The number of hydrogen-bond donors (Lipinski definition) is 2. The van der Waals surface area contributed by atoms with Crippen LogP contribution in [0.5, 0.6) is 11.5 Å². The SMILES string of the molecule is CCC(C)NC(=O)c1cnc(Nc2cc(OC)c(Cl)cc2OC)cn1. The molecule has 1 aromatic heterocycles. The van der Waals surface area contributed by atoms with Gasteiger partial charge < -0.3 is 20.1 Å². The van der Waals surface area contributed by atoms with E-state index in [1.165, 1.54) is 26.6 Å². The lowest BCUT2D eigenvalue weighted by atomic mass is 10.2. The third kappa shape index (κ3) is 4.73. The summed E-state index contributed by atoms with van der Waals surface area (Å²) in [4.78, 5) is 20.4. The maximum atomic E-state index is 12.0. The van der Waals surface area contributed by atoms with Gasteiger partial charge in [-0.25, -0.2) is 9.97 Å². The number of methoxy groups -OCH3 is 2. The third-order valence-electron chi connectivity index (χ3n) is 3.61. The molecule has 0 saturated heterocycles. The fourth-order valence-electron chi connectivity index (χ4n) is 2.01. The van der Waals surface area contributed by atoms with E-state index in [9.17, 15) is 4.79 Å². The second-order valence-electron chi connectivity index (χ2n) is 5.38. The van der Waals surface area contributed by atoms with Crippen molar-refractivity contribution in [2.45, 2.75) is 26.3 Å². The number of carbonyl (C=O) groups excluding carboxylic acids is 1. The van der Waals surface area contributed by atoms with Crippen molar-refractivity contribution in [1.82, 2.24) is 15.3 Å². The molecule has 2 N–H and O–H groups in total. The summed E-state index contributed by atoms with van der Waals surface area (Å²) in [7, 11) is 3.07. The monoisotopic (exact) mass is 364 g/mol. The Kier molecular flexibility index (Phi) is 6.41. The maximum Gasteiger partial charge on any atom is 0.271 e. The second-order valence-corrected chi connectivity index (χ2v) is 5.79. The number of rotatable bonds is 7. The first kappa shape index (κ1) is 18.8. The minimum Gasteiger partial charge on any atom is -0.495 e. The van der Waals surface area contributed by atoms with Gasteiger partial charge in [-0.2, -0.15) is 0 Å². The fraction of sp³-hybridized carbons (Fsp3) is 0.353. The number of amides is 1. The molecule has 0 aliphatic carbocycles. The van der Waals surface area contributed by atoms with Crippen LogP contribution >= 0.6 is 11.6 Å². The van der Waals surface area contributed by atoms with E-state index in [-0.39, 0.29) is 17.6 Å². The lowest BCUT2D eigenvalue weighted by Gasteiger charge is -2.14. The van der Waals surface area contributed by atoms with Crippen molar-refractivity contribution in [3.8, 4) is 11.5 Å². The molecular weight excluding hydrogens is 344 g/mol. The Balaban J connectivity index is 2.17. The standard InChI is InChI=1S/C17H21ClN4O3/c1-5-10(2)21-17(23)13-8-20-16(9-19-13)22-12-7-14(24-3)11(18)6-15(12)25-4/h6-10H,5H2,1-4H3,(H,20,22)(H,21,23). The molecule has 1 heterocycles. The van der Waals surface area contributed by atoms with Gasteiger partial charge in [-0.3, -0.25) is 4.79 Å². The van der Waals surface area contributed by atoms with Crippen molar-refractivity contribution in [1.29, 1.82) is 0 Å². The van der Waals surface area contributed by atoms with Crippen molar-refractivity contribution in [2.24, 2.45) is 0 Å². The normalized spacial score (nSPS) is 11.6. The zero-order chi connectivity index (χ0) is 18.4. The summed E-state index contributed by atoms with van der Waals surface area (Å²) in [5.41, 5.74) is 0.876. The van der Waals surface area contributed by atoms with E-state index in [1.807, 2.05) is 13.8 Å². The van der Waals surface area contributed by atoms with Gasteiger partial charge in [-0.15, -0.1) is 0 Å². The van der Waals surface area contributed by atoms with Crippen LogP contribution in [0.3, 0.4) is 0 Å². The number of nitrogens with zero attached hydrogens (tertiary/aromatic N) is 2. The fourth-order valence-corrected chi connectivity index (χ4v) is 2.24. The smallest absolute Gasteiger partial charge is 0.271 e. The molecule has 0 aliphatic rings. The van der Waals surface area contributed by atoms with E-state index in [4.69, 9.17) is 21.1 Å². The molecule has 7 nitrogen and oxygen atoms in total. The molecule has 0 radical (unpaired) electrons. The van der Waals surface area contributed by atoms with Gasteiger partial charge in [0.05, 0.1) is 37.3 Å². The average Bonchev–Trinajstić information content (AvgIpc) is 2.63. The molecule has 2 rings (SSSR count). The van der Waals surface area contributed by atoms with E-state index >= 15 is 0 Å². The predicted molar refractivity (Wildman–Crippen MR) is 97.1 cm³/mol. The minimum absolute atomic E-state index is 0.0814. The highest BCUT2D eigenvalue weighted by molar-refractivity contribution is 6.32. The average molecular weight is 365 g/mol. The second kappa shape index (κ2) is 8.53. The summed E-state index contributed by atoms with van der Waals surface area (Å²) in [6.45, 7) is 3.93. The van der Waals surface area contributed by atoms with Gasteiger partial charge in [0.2, 0.25) is 0 Å². The summed E-state index contributed by atoms with van der Waals surface area (Å²) in [6.07, 6.45) is 3.74. The molecule has 1 amide bonds. The minimum atomic E-state index is -0.251. The van der Waals surface area contributed by atoms with Crippen LogP contribution in [-0.4, -0.2) is 36.1 Å². The Bertz CT molecular complexity index is 737. The molecule has 2 aromatic rings. The molecule has 0 aliphatic heterocycles. The van der Waals surface area contributed by atoms with Gasteiger partial charge in [0.25, 0.3) is 5.91 Å². The Morgan fingerprint density at radius 3 is 2.48 bits per heavy atom. The Morgan fingerprint density at radius 1 is 1.20 bits per heavy atom. The number of halogens is 1. The van der Waals surface area contributed by atoms with Crippen LogP contribution in [0.2, 0.25) is 5.02 Å². The Hall–Kier alpha value is -2.54. The molecular formula is C17H21ClN4O3. The highest BCUT2D eigenvalue weighted by atomic mass is 35.5. The predicted octanol–water partition coefficient (Wildman–Crippen LogP) is 3.42. The van der Waals surface area contributed by atoms with Crippen molar-refractivity contribution < 1.29 is 14.3 Å². The molecule has 134 valence electrons. The number of nitrogens with one attached hydrogen (secondary N) is 2. The quantitative estimate of drug-likeness (QED) is 0.783. The van der Waals surface area contributed by atoms with Gasteiger partial charge in [0.15, 0.2) is 0 Å². The first-order valence-corrected chi connectivity index (χ1v) is 8.17. The zero-order valence-electron chi connectivity index (χ0n) is 14.6. The summed E-state index contributed by atoms with van der Waals surface area (Å²) in [5, 5.41) is 6.35. The van der Waals surface area contributed by atoms with E-state index in [0.717, 1.165) is 6.42 Å². The van der Waals surface area contributed by atoms with Gasteiger partial charge in [0.1, 0.15) is 23.0 Å². The molecule has 0 saturated carbocycles. The van der Waals surface area contributed by atoms with Crippen LogP contribution < -0.4 is 20.1 Å². The number of benzene rings is 1. The number of ether oxygens (including phenoxy) is 2. The first-order chi connectivity index (χ1) is 12.0. The summed E-state index contributed by atoms with van der Waals surface area (Å²) in [5.74, 6) is 1.25.